The number of rotatable bonds is 2. The Bertz CT molecular complexity index is 282. The van der Waals surface area contributed by atoms with Crippen LogP contribution in [0, 0.1) is 23.2 Å². The molecular weight excluding hydrogens is 196 g/mol. The number of carboxylic acid groups (broad SMARTS) is 1. The molecule has 0 aromatic rings. The van der Waals surface area contributed by atoms with Gasteiger partial charge in [0, 0.05) is 0 Å². The van der Waals surface area contributed by atoms with E-state index < -0.39 is 17.3 Å². The fourth-order valence-corrected chi connectivity index (χ4v) is 2.84. The Kier molecular flexibility index (Phi) is 3.07. The Hall–Kier alpha value is -1.06. The van der Waals surface area contributed by atoms with Gasteiger partial charge in [-0.3, -0.25) is 9.59 Å². The van der Waals surface area contributed by atoms with E-state index in [0.717, 1.165) is 0 Å². The maximum atomic E-state index is 11.6. The van der Waals surface area contributed by atoms with Gasteiger partial charge in [-0.15, -0.1) is 0 Å². The van der Waals surface area contributed by atoms with Gasteiger partial charge in [-0.2, -0.15) is 0 Å². The first-order valence-corrected chi connectivity index (χ1v) is 5.13. The van der Waals surface area contributed by atoms with Crippen LogP contribution < -0.4 is 0 Å². The molecule has 1 N–H and O–H groups in total. The minimum absolute atomic E-state index is 0.0635. The highest BCUT2D eigenvalue weighted by Gasteiger charge is 2.54. The van der Waals surface area contributed by atoms with Crippen molar-refractivity contribution in [3.8, 4) is 0 Å². The summed E-state index contributed by atoms with van der Waals surface area (Å²) < 4.78 is 4.74. The summed E-state index contributed by atoms with van der Waals surface area (Å²) in [5, 5.41) is 9.09. The molecule has 1 fully saturated rings. The zero-order valence-corrected chi connectivity index (χ0v) is 9.61. The molecule has 0 spiro atoms. The molecule has 0 unspecified atom stereocenters. The van der Waals surface area contributed by atoms with E-state index in [1.165, 1.54) is 7.11 Å². The lowest BCUT2D eigenvalue weighted by atomic mass is 9.74. The second-order valence-corrected chi connectivity index (χ2v) is 4.93. The Morgan fingerprint density at radius 2 is 1.93 bits per heavy atom. The Labute approximate surface area is 89.6 Å². The predicted octanol–water partition coefficient (Wildman–Crippen LogP) is 1.54. The van der Waals surface area contributed by atoms with Gasteiger partial charge in [-0.05, 0) is 17.8 Å². The van der Waals surface area contributed by atoms with Crippen LogP contribution in [0.5, 0.6) is 0 Å². The highest BCUT2D eigenvalue weighted by atomic mass is 16.5. The SMILES string of the molecule is COC(=O)[C@H]1[C@@H](C)C[C@@H](C(=O)O)C1(C)C. The van der Waals surface area contributed by atoms with E-state index in [1.54, 1.807) is 0 Å². The average Bonchev–Trinajstić information content (AvgIpc) is 2.35. The third kappa shape index (κ3) is 1.85. The Balaban J connectivity index is 3.00. The Morgan fingerprint density at radius 3 is 2.27 bits per heavy atom. The van der Waals surface area contributed by atoms with E-state index in [0.29, 0.717) is 6.42 Å². The maximum Gasteiger partial charge on any atom is 0.309 e. The average molecular weight is 214 g/mol. The first-order chi connectivity index (χ1) is 6.82. The molecule has 4 heteroatoms. The molecule has 0 saturated heterocycles. The van der Waals surface area contributed by atoms with Crippen molar-refractivity contribution in [2.45, 2.75) is 27.2 Å². The van der Waals surface area contributed by atoms with Crippen LogP contribution in [-0.2, 0) is 14.3 Å². The van der Waals surface area contributed by atoms with Crippen LogP contribution in [0.4, 0.5) is 0 Å². The number of carbonyl (C=O) groups is 2. The highest BCUT2D eigenvalue weighted by Crippen LogP contribution is 2.51. The lowest BCUT2D eigenvalue weighted by molar-refractivity contribution is -0.153. The van der Waals surface area contributed by atoms with E-state index in [-0.39, 0.29) is 17.8 Å². The number of hydrogen-bond donors (Lipinski definition) is 1. The monoisotopic (exact) mass is 214 g/mol. The smallest absolute Gasteiger partial charge is 0.309 e. The summed E-state index contributed by atoms with van der Waals surface area (Å²) in [5.41, 5.74) is -0.529. The van der Waals surface area contributed by atoms with Crippen molar-refractivity contribution >= 4 is 11.9 Å². The van der Waals surface area contributed by atoms with Crippen molar-refractivity contribution < 1.29 is 19.4 Å². The molecule has 1 aliphatic rings. The van der Waals surface area contributed by atoms with Crippen molar-refractivity contribution in [1.29, 1.82) is 0 Å². The fourth-order valence-electron chi connectivity index (χ4n) is 2.84. The van der Waals surface area contributed by atoms with Crippen LogP contribution in [0.25, 0.3) is 0 Å². The first-order valence-electron chi connectivity index (χ1n) is 5.13. The van der Waals surface area contributed by atoms with E-state index in [9.17, 15) is 9.59 Å². The van der Waals surface area contributed by atoms with Crippen LogP contribution in [0.15, 0.2) is 0 Å². The molecule has 0 aromatic carbocycles. The molecule has 15 heavy (non-hydrogen) atoms. The van der Waals surface area contributed by atoms with E-state index >= 15 is 0 Å². The third-order valence-corrected chi connectivity index (χ3v) is 3.63. The molecular formula is C11H18O4. The Morgan fingerprint density at radius 1 is 1.40 bits per heavy atom. The molecule has 0 heterocycles. The number of hydrogen-bond acceptors (Lipinski definition) is 3. The van der Waals surface area contributed by atoms with Crippen LogP contribution in [0.2, 0.25) is 0 Å². The van der Waals surface area contributed by atoms with Gasteiger partial charge in [-0.25, -0.2) is 0 Å². The minimum Gasteiger partial charge on any atom is -0.481 e. The van der Waals surface area contributed by atoms with Crippen molar-refractivity contribution in [2.75, 3.05) is 7.11 Å². The molecule has 4 nitrogen and oxygen atoms in total. The molecule has 0 amide bonds. The van der Waals surface area contributed by atoms with Crippen molar-refractivity contribution in [2.24, 2.45) is 23.2 Å². The standard InChI is InChI=1S/C11H18O4/c1-6-5-7(9(12)13)11(2,3)8(6)10(14)15-4/h6-8H,5H2,1-4H3,(H,12,13)/t6-,7-,8+/m0/s1. The van der Waals surface area contributed by atoms with Gasteiger partial charge in [0.1, 0.15) is 0 Å². The van der Waals surface area contributed by atoms with Gasteiger partial charge in [0.05, 0.1) is 18.9 Å². The fraction of sp³-hybridized carbons (Fsp3) is 0.818. The zero-order chi connectivity index (χ0) is 11.8. The lowest BCUT2D eigenvalue weighted by Crippen LogP contribution is -2.36. The van der Waals surface area contributed by atoms with Gasteiger partial charge in [-0.1, -0.05) is 20.8 Å². The molecule has 3 atom stereocenters. The molecule has 0 radical (unpaired) electrons. The molecule has 1 aliphatic carbocycles. The lowest BCUT2D eigenvalue weighted by Gasteiger charge is -2.29. The van der Waals surface area contributed by atoms with Crippen LogP contribution in [0.1, 0.15) is 27.2 Å². The summed E-state index contributed by atoms with van der Waals surface area (Å²) in [6.07, 6.45) is 0.544. The van der Waals surface area contributed by atoms with Crippen LogP contribution >= 0.6 is 0 Å². The summed E-state index contributed by atoms with van der Waals surface area (Å²) >= 11 is 0. The largest absolute Gasteiger partial charge is 0.481 e. The molecule has 1 rings (SSSR count). The quantitative estimate of drug-likeness (QED) is 0.708. The topological polar surface area (TPSA) is 63.6 Å². The number of methoxy groups -OCH3 is 1. The van der Waals surface area contributed by atoms with Crippen LogP contribution in [-0.4, -0.2) is 24.2 Å². The summed E-state index contributed by atoms with van der Waals surface area (Å²) in [6, 6.07) is 0. The van der Waals surface area contributed by atoms with E-state index in [4.69, 9.17) is 9.84 Å². The number of aliphatic carboxylic acids is 1. The highest BCUT2D eigenvalue weighted by molar-refractivity contribution is 5.78. The maximum absolute atomic E-state index is 11.6. The van der Waals surface area contributed by atoms with Gasteiger partial charge in [0.2, 0.25) is 0 Å². The van der Waals surface area contributed by atoms with Gasteiger partial charge in [0.15, 0.2) is 0 Å². The van der Waals surface area contributed by atoms with Gasteiger partial charge >= 0.3 is 11.9 Å². The van der Waals surface area contributed by atoms with E-state index in [1.807, 2.05) is 20.8 Å². The molecule has 0 bridgehead atoms. The second-order valence-electron chi connectivity index (χ2n) is 4.93. The molecule has 86 valence electrons. The summed E-state index contributed by atoms with van der Waals surface area (Å²) in [4.78, 5) is 22.7. The summed E-state index contributed by atoms with van der Waals surface area (Å²) in [5.74, 6) is -1.83. The zero-order valence-electron chi connectivity index (χ0n) is 9.61. The summed E-state index contributed by atoms with van der Waals surface area (Å²) in [6.45, 7) is 5.57. The van der Waals surface area contributed by atoms with Crippen molar-refractivity contribution in [3.05, 3.63) is 0 Å². The number of esters is 1. The molecule has 0 aliphatic heterocycles. The van der Waals surface area contributed by atoms with Crippen molar-refractivity contribution in [3.63, 3.8) is 0 Å². The van der Waals surface area contributed by atoms with Gasteiger partial charge < -0.3 is 9.84 Å². The first kappa shape index (κ1) is 12.0. The summed E-state index contributed by atoms with van der Waals surface area (Å²) in [7, 11) is 1.35. The number of ether oxygens (including phenoxy) is 1. The number of carboxylic acids is 1. The van der Waals surface area contributed by atoms with Crippen LogP contribution in [0.3, 0.4) is 0 Å². The van der Waals surface area contributed by atoms with Gasteiger partial charge in [0.25, 0.3) is 0 Å². The third-order valence-electron chi connectivity index (χ3n) is 3.63. The molecule has 1 saturated carbocycles. The number of carbonyl (C=O) groups excluding carboxylic acids is 1. The van der Waals surface area contributed by atoms with E-state index in [2.05, 4.69) is 0 Å². The second kappa shape index (κ2) is 3.83. The molecule has 0 aromatic heterocycles. The minimum atomic E-state index is -0.821. The van der Waals surface area contributed by atoms with Crippen molar-refractivity contribution in [1.82, 2.24) is 0 Å². The predicted molar refractivity (Wildman–Crippen MR) is 54.2 cm³/mol. The normalized spacial score (nSPS) is 33.7.